The third kappa shape index (κ3) is 1.96. The van der Waals surface area contributed by atoms with Crippen molar-refractivity contribution in [3.63, 3.8) is 0 Å². The highest BCUT2D eigenvalue weighted by Crippen LogP contribution is 2.19. The van der Waals surface area contributed by atoms with Crippen LogP contribution in [0.4, 0.5) is 0 Å². The van der Waals surface area contributed by atoms with Crippen molar-refractivity contribution >= 4 is 5.97 Å². The zero-order valence-electron chi connectivity index (χ0n) is 7.47. The molecule has 1 heterocycles. The van der Waals surface area contributed by atoms with Crippen molar-refractivity contribution < 1.29 is 9.90 Å². The lowest BCUT2D eigenvalue weighted by Crippen LogP contribution is -2.14. The van der Waals surface area contributed by atoms with E-state index in [0.29, 0.717) is 6.42 Å². The van der Waals surface area contributed by atoms with Gasteiger partial charge in [0.2, 0.25) is 0 Å². The topological polar surface area (TPSA) is 55.1 Å². The third-order valence-corrected chi connectivity index (χ3v) is 1.95. The van der Waals surface area contributed by atoms with E-state index in [1.807, 2.05) is 6.92 Å². The molecule has 0 fully saturated rings. The molecular weight excluding hydrogens is 168 g/mol. The summed E-state index contributed by atoms with van der Waals surface area (Å²) in [6.45, 7) is 5.45. The van der Waals surface area contributed by atoms with Crippen molar-refractivity contribution in [2.45, 2.75) is 19.4 Å². The third-order valence-electron chi connectivity index (χ3n) is 1.95. The van der Waals surface area contributed by atoms with Crippen molar-refractivity contribution in [3.8, 4) is 0 Å². The Morgan fingerprint density at radius 2 is 2.46 bits per heavy atom. The maximum absolute atomic E-state index is 10.7. The van der Waals surface area contributed by atoms with E-state index in [1.54, 1.807) is 23.3 Å². The molecule has 70 valence electrons. The van der Waals surface area contributed by atoms with Crippen LogP contribution in [0.15, 0.2) is 30.9 Å². The number of aliphatic carboxylic acids is 1. The van der Waals surface area contributed by atoms with Crippen LogP contribution >= 0.6 is 0 Å². The molecule has 0 aliphatic carbocycles. The van der Waals surface area contributed by atoms with Crippen LogP contribution in [-0.2, 0) is 4.79 Å². The second kappa shape index (κ2) is 3.89. The van der Waals surface area contributed by atoms with Crippen LogP contribution in [0.1, 0.15) is 19.4 Å². The molecular formula is C9H12N2O2. The molecule has 0 aromatic carbocycles. The first kappa shape index (κ1) is 9.51. The summed E-state index contributed by atoms with van der Waals surface area (Å²) in [5.41, 5.74) is 0.195. The first-order valence-corrected chi connectivity index (χ1v) is 4.06. The predicted octanol–water partition coefficient (Wildman–Crippen LogP) is 1.47. The van der Waals surface area contributed by atoms with Gasteiger partial charge >= 0.3 is 5.97 Å². The van der Waals surface area contributed by atoms with Gasteiger partial charge in [-0.3, -0.25) is 0 Å². The Kier molecular flexibility index (Phi) is 2.84. The predicted molar refractivity (Wildman–Crippen MR) is 48.3 cm³/mol. The average molecular weight is 180 g/mol. The Balaban J connectivity index is 2.86. The van der Waals surface area contributed by atoms with Gasteiger partial charge in [0, 0.05) is 12.4 Å². The summed E-state index contributed by atoms with van der Waals surface area (Å²) in [6.07, 6.45) is 5.66. The van der Waals surface area contributed by atoms with Crippen molar-refractivity contribution in [3.05, 3.63) is 30.9 Å². The lowest BCUT2D eigenvalue weighted by molar-refractivity contribution is -0.133. The fourth-order valence-electron chi connectivity index (χ4n) is 1.23. The number of carboxylic acid groups (broad SMARTS) is 1. The molecule has 1 N–H and O–H groups in total. The minimum Gasteiger partial charge on any atom is -0.478 e. The van der Waals surface area contributed by atoms with Crippen molar-refractivity contribution in [2.24, 2.45) is 0 Å². The van der Waals surface area contributed by atoms with Gasteiger partial charge in [-0.2, -0.15) is 0 Å². The average Bonchev–Trinajstić information content (AvgIpc) is 2.58. The van der Waals surface area contributed by atoms with E-state index in [0.717, 1.165) is 0 Å². The molecule has 0 amide bonds. The standard InChI is InChI=1S/C9H12N2O2/c1-3-8(7(2)9(12)13)11-5-4-10-6-11/h4-6,8H,2-3H2,1H3,(H,12,13). The Morgan fingerprint density at radius 3 is 2.85 bits per heavy atom. The first-order valence-electron chi connectivity index (χ1n) is 4.06. The summed E-state index contributed by atoms with van der Waals surface area (Å²) in [5.74, 6) is -0.958. The van der Waals surface area contributed by atoms with E-state index in [9.17, 15) is 4.79 Å². The number of imidazole rings is 1. The van der Waals surface area contributed by atoms with Gasteiger partial charge in [-0.1, -0.05) is 13.5 Å². The van der Waals surface area contributed by atoms with Crippen LogP contribution in [-0.4, -0.2) is 20.6 Å². The number of carboxylic acids is 1. The monoisotopic (exact) mass is 180 g/mol. The van der Waals surface area contributed by atoms with Crippen LogP contribution in [0.5, 0.6) is 0 Å². The molecule has 0 saturated heterocycles. The zero-order valence-corrected chi connectivity index (χ0v) is 7.47. The molecule has 1 unspecified atom stereocenters. The van der Waals surface area contributed by atoms with Gasteiger partial charge < -0.3 is 9.67 Å². The lowest BCUT2D eigenvalue weighted by Gasteiger charge is -2.15. The number of nitrogens with zero attached hydrogens (tertiary/aromatic N) is 2. The molecule has 0 bridgehead atoms. The van der Waals surface area contributed by atoms with Gasteiger partial charge in [-0.25, -0.2) is 9.78 Å². The molecule has 0 spiro atoms. The van der Waals surface area contributed by atoms with Gasteiger partial charge in [0.15, 0.2) is 0 Å². The van der Waals surface area contributed by atoms with Crippen LogP contribution in [0, 0.1) is 0 Å². The number of carbonyl (C=O) groups is 1. The second-order valence-electron chi connectivity index (χ2n) is 2.76. The summed E-state index contributed by atoms with van der Waals surface area (Å²) in [5, 5.41) is 8.75. The Hall–Kier alpha value is -1.58. The molecule has 0 radical (unpaired) electrons. The summed E-state index contributed by atoms with van der Waals surface area (Å²) in [7, 11) is 0. The van der Waals surface area contributed by atoms with Gasteiger partial charge in [0.05, 0.1) is 17.9 Å². The van der Waals surface area contributed by atoms with E-state index < -0.39 is 5.97 Å². The Morgan fingerprint density at radius 1 is 1.77 bits per heavy atom. The normalized spacial score (nSPS) is 12.4. The van der Waals surface area contributed by atoms with Crippen LogP contribution in [0.25, 0.3) is 0 Å². The fraction of sp³-hybridized carbons (Fsp3) is 0.333. The van der Waals surface area contributed by atoms with Crippen molar-refractivity contribution in [1.82, 2.24) is 9.55 Å². The minimum absolute atomic E-state index is 0.194. The number of hydrogen-bond acceptors (Lipinski definition) is 2. The maximum Gasteiger partial charge on any atom is 0.333 e. The first-order chi connectivity index (χ1) is 6.16. The van der Waals surface area contributed by atoms with E-state index in [4.69, 9.17) is 5.11 Å². The van der Waals surface area contributed by atoms with Gasteiger partial charge in [0.25, 0.3) is 0 Å². The van der Waals surface area contributed by atoms with Gasteiger partial charge in [0.1, 0.15) is 0 Å². The molecule has 0 aliphatic rings. The highest BCUT2D eigenvalue weighted by atomic mass is 16.4. The van der Waals surface area contributed by atoms with E-state index in [2.05, 4.69) is 11.6 Å². The molecule has 1 aromatic rings. The molecule has 4 heteroatoms. The number of rotatable bonds is 4. The van der Waals surface area contributed by atoms with Crippen LogP contribution in [0.2, 0.25) is 0 Å². The molecule has 4 nitrogen and oxygen atoms in total. The van der Waals surface area contributed by atoms with Crippen LogP contribution < -0.4 is 0 Å². The highest BCUT2D eigenvalue weighted by Gasteiger charge is 2.17. The van der Waals surface area contributed by atoms with Gasteiger partial charge in [-0.15, -0.1) is 0 Å². The van der Waals surface area contributed by atoms with E-state index >= 15 is 0 Å². The molecule has 0 saturated carbocycles. The SMILES string of the molecule is C=C(C(=O)O)C(CC)n1ccnc1. The van der Waals surface area contributed by atoms with E-state index in [-0.39, 0.29) is 11.6 Å². The molecule has 1 atom stereocenters. The summed E-state index contributed by atoms with van der Waals surface area (Å²) in [4.78, 5) is 14.5. The largest absolute Gasteiger partial charge is 0.478 e. The molecule has 1 aromatic heterocycles. The van der Waals surface area contributed by atoms with Crippen LogP contribution in [0.3, 0.4) is 0 Å². The number of hydrogen-bond donors (Lipinski definition) is 1. The van der Waals surface area contributed by atoms with Gasteiger partial charge in [-0.05, 0) is 6.42 Å². The zero-order chi connectivity index (χ0) is 9.84. The summed E-state index contributed by atoms with van der Waals surface area (Å²) < 4.78 is 1.75. The maximum atomic E-state index is 10.7. The number of aromatic nitrogens is 2. The smallest absolute Gasteiger partial charge is 0.333 e. The quantitative estimate of drug-likeness (QED) is 0.714. The fourth-order valence-corrected chi connectivity index (χ4v) is 1.23. The minimum atomic E-state index is -0.958. The highest BCUT2D eigenvalue weighted by molar-refractivity contribution is 5.86. The molecule has 1 rings (SSSR count). The van der Waals surface area contributed by atoms with Crippen molar-refractivity contribution in [1.29, 1.82) is 0 Å². The molecule has 13 heavy (non-hydrogen) atoms. The van der Waals surface area contributed by atoms with Crippen molar-refractivity contribution in [2.75, 3.05) is 0 Å². The van der Waals surface area contributed by atoms with E-state index in [1.165, 1.54) is 0 Å². The lowest BCUT2D eigenvalue weighted by atomic mass is 10.1. The Labute approximate surface area is 76.5 Å². The summed E-state index contributed by atoms with van der Waals surface area (Å²) in [6, 6.07) is -0.194. The summed E-state index contributed by atoms with van der Waals surface area (Å²) >= 11 is 0. The second-order valence-corrected chi connectivity index (χ2v) is 2.76. The molecule has 0 aliphatic heterocycles. The Bertz CT molecular complexity index is 303.